The summed E-state index contributed by atoms with van der Waals surface area (Å²) in [6.45, 7) is 0. The number of amides is 1. The Kier molecular flexibility index (Phi) is 6.52. The molecule has 0 aromatic heterocycles. The number of hydrazone groups is 1. The molecule has 6 nitrogen and oxygen atoms in total. The summed E-state index contributed by atoms with van der Waals surface area (Å²) < 4.78 is 0. The first-order valence-electron chi connectivity index (χ1n) is 9.54. The maximum atomic E-state index is 12.5. The lowest BCUT2D eigenvalue weighted by Gasteiger charge is -1.99. The molecule has 0 unspecified atom stereocenters. The summed E-state index contributed by atoms with van der Waals surface area (Å²) in [5.74, 6) is 0.904. The van der Waals surface area contributed by atoms with Crippen LogP contribution in [0, 0.1) is 27.9 Å². The molecule has 1 N–H and O–H groups in total. The number of benzene rings is 1. The first-order chi connectivity index (χ1) is 13.2. The third kappa shape index (κ3) is 5.36. The Balaban J connectivity index is 1.53. The third-order valence-electron chi connectivity index (χ3n) is 5.29. The van der Waals surface area contributed by atoms with Gasteiger partial charge >= 0.3 is 0 Å². The zero-order valence-electron chi connectivity index (χ0n) is 15.3. The number of nitro benzene ring substituents is 1. The molecule has 2 atom stereocenters. The maximum Gasteiger partial charge on any atom is 0.269 e. The van der Waals surface area contributed by atoms with E-state index in [2.05, 4.69) is 34.8 Å². The van der Waals surface area contributed by atoms with Crippen LogP contribution in [0.3, 0.4) is 0 Å². The minimum Gasteiger partial charge on any atom is -0.273 e. The van der Waals surface area contributed by atoms with Crippen LogP contribution in [-0.4, -0.2) is 17.0 Å². The van der Waals surface area contributed by atoms with Gasteiger partial charge in [0.2, 0.25) is 5.91 Å². The number of nitro groups is 1. The predicted octanol–water partition coefficient (Wildman–Crippen LogP) is 4.37. The summed E-state index contributed by atoms with van der Waals surface area (Å²) >= 11 is 0. The van der Waals surface area contributed by atoms with Crippen LogP contribution in [0.25, 0.3) is 0 Å². The molecule has 0 aliphatic heterocycles. The van der Waals surface area contributed by atoms with E-state index in [1.54, 1.807) is 12.1 Å². The van der Waals surface area contributed by atoms with E-state index in [0.717, 1.165) is 38.5 Å². The molecule has 1 aromatic rings. The smallest absolute Gasteiger partial charge is 0.269 e. The third-order valence-corrected chi connectivity index (χ3v) is 5.29. The molecule has 1 aromatic carbocycles. The number of non-ortho nitro benzene ring substituents is 1. The molecule has 142 valence electrons. The van der Waals surface area contributed by atoms with Crippen molar-refractivity contribution >= 4 is 17.8 Å². The maximum absolute atomic E-state index is 12.5. The number of hydrogen-bond donors (Lipinski definition) is 1. The number of nitrogens with zero attached hydrogens (tertiary/aromatic N) is 2. The summed E-state index contributed by atoms with van der Waals surface area (Å²) in [5, 5.41) is 14.7. The van der Waals surface area contributed by atoms with Crippen LogP contribution in [0.5, 0.6) is 0 Å². The highest BCUT2D eigenvalue weighted by Crippen LogP contribution is 2.52. The van der Waals surface area contributed by atoms with Crippen molar-refractivity contribution in [3.63, 3.8) is 0 Å². The summed E-state index contributed by atoms with van der Waals surface area (Å²) in [4.78, 5) is 22.7. The van der Waals surface area contributed by atoms with Gasteiger partial charge < -0.3 is 0 Å². The van der Waals surface area contributed by atoms with E-state index in [-0.39, 0.29) is 17.5 Å². The fourth-order valence-electron chi connectivity index (χ4n) is 3.79. The quantitative estimate of drug-likeness (QED) is 0.371. The van der Waals surface area contributed by atoms with E-state index >= 15 is 0 Å². The van der Waals surface area contributed by atoms with Crippen molar-refractivity contribution in [1.82, 2.24) is 5.43 Å². The molecule has 27 heavy (non-hydrogen) atoms. The van der Waals surface area contributed by atoms with E-state index in [1.807, 2.05) is 0 Å². The molecule has 3 rings (SSSR count). The Hall–Kier alpha value is -2.76. The van der Waals surface area contributed by atoms with Crippen molar-refractivity contribution in [3.8, 4) is 0 Å². The summed E-state index contributed by atoms with van der Waals surface area (Å²) in [6, 6.07) is 6.06. The SMILES string of the molecule is O=C(N/N=C\c1ccc([N+](=O)[O-])cc1)C1[C@H]2CC/C=C\CC/C=C\CC[C@H]12. The highest BCUT2D eigenvalue weighted by molar-refractivity contribution is 5.85. The molecule has 1 saturated carbocycles. The molecule has 0 spiro atoms. The minimum absolute atomic E-state index is 0.0222. The first kappa shape index (κ1) is 19.0. The van der Waals surface area contributed by atoms with Gasteiger partial charge in [0, 0.05) is 18.1 Å². The van der Waals surface area contributed by atoms with Gasteiger partial charge in [0.15, 0.2) is 0 Å². The van der Waals surface area contributed by atoms with Crippen LogP contribution < -0.4 is 5.43 Å². The van der Waals surface area contributed by atoms with Crippen molar-refractivity contribution in [2.24, 2.45) is 22.9 Å². The van der Waals surface area contributed by atoms with Gasteiger partial charge in [-0.05, 0) is 68.1 Å². The second-order valence-corrected chi connectivity index (χ2v) is 7.11. The second-order valence-electron chi connectivity index (χ2n) is 7.11. The van der Waals surface area contributed by atoms with Gasteiger partial charge in [-0.25, -0.2) is 5.43 Å². The van der Waals surface area contributed by atoms with Gasteiger partial charge in [0.1, 0.15) is 0 Å². The van der Waals surface area contributed by atoms with Crippen LogP contribution in [-0.2, 0) is 4.79 Å². The van der Waals surface area contributed by atoms with Crippen LogP contribution in [0.15, 0.2) is 53.7 Å². The summed E-state index contributed by atoms with van der Waals surface area (Å²) in [6.07, 6.45) is 16.8. The Labute approximate surface area is 159 Å². The highest BCUT2D eigenvalue weighted by atomic mass is 16.6. The molecule has 0 bridgehead atoms. The van der Waals surface area contributed by atoms with Crippen molar-refractivity contribution in [3.05, 3.63) is 64.2 Å². The molecular formula is C21H25N3O3. The van der Waals surface area contributed by atoms with Crippen molar-refractivity contribution in [1.29, 1.82) is 0 Å². The molecule has 0 radical (unpaired) electrons. The lowest BCUT2D eigenvalue weighted by atomic mass is 10.1. The normalized spacial score (nSPS) is 27.6. The topological polar surface area (TPSA) is 84.6 Å². The number of fused-ring (bicyclic) bond motifs is 1. The number of allylic oxidation sites excluding steroid dienone is 4. The monoisotopic (exact) mass is 367 g/mol. The molecule has 2 aliphatic rings. The lowest BCUT2D eigenvalue weighted by molar-refractivity contribution is -0.384. The number of carbonyl (C=O) groups excluding carboxylic acids is 1. The van der Waals surface area contributed by atoms with E-state index in [1.165, 1.54) is 18.3 Å². The van der Waals surface area contributed by atoms with Crippen LogP contribution in [0.4, 0.5) is 5.69 Å². The van der Waals surface area contributed by atoms with Crippen LogP contribution >= 0.6 is 0 Å². The van der Waals surface area contributed by atoms with Crippen LogP contribution in [0.1, 0.15) is 44.1 Å². The Morgan fingerprint density at radius 3 is 2.11 bits per heavy atom. The highest BCUT2D eigenvalue weighted by Gasteiger charge is 2.52. The number of carbonyl (C=O) groups is 1. The Morgan fingerprint density at radius 1 is 1.00 bits per heavy atom. The lowest BCUT2D eigenvalue weighted by Crippen LogP contribution is -2.21. The minimum atomic E-state index is -0.443. The van der Waals surface area contributed by atoms with Gasteiger partial charge in [0.25, 0.3) is 5.69 Å². The number of nitrogens with one attached hydrogen (secondary N) is 1. The van der Waals surface area contributed by atoms with E-state index in [9.17, 15) is 14.9 Å². The first-order valence-corrected chi connectivity index (χ1v) is 9.54. The van der Waals surface area contributed by atoms with Crippen molar-refractivity contribution in [2.75, 3.05) is 0 Å². The molecule has 1 amide bonds. The molecule has 0 saturated heterocycles. The zero-order chi connectivity index (χ0) is 19.1. The van der Waals surface area contributed by atoms with Gasteiger partial charge in [-0.15, -0.1) is 0 Å². The fourth-order valence-corrected chi connectivity index (χ4v) is 3.79. The Bertz CT molecular complexity index is 728. The van der Waals surface area contributed by atoms with Gasteiger partial charge in [-0.3, -0.25) is 14.9 Å². The number of rotatable bonds is 4. The molecule has 1 fully saturated rings. The second kappa shape index (κ2) is 9.26. The summed E-state index contributed by atoms with van der Waals surface area (Å²) in [7, 11) is 0. The molecule has 6 heteroatoms. The Morgan fingerprint density at radius 2 is 1.56 bits per heavy atom. The largest absolute Gasteiger partial charge is 0.273 e. The van der Waals surface area contributed by atoms with Gasteiger partial charge in [-0.1, -0.05) is 24.3 Å². The van der Waals surface area contributed by atoms with Crippen LogP contribution in [0.2, 0.25) is 0 Å². The number of hydrogen-bond acceptors (Lipinski definition) is 4. The average molecular weight is 367 g/mol. The predicted molar refractivity (Wildman–Crippen MR) is 105 cm³/mol. The van der Waals surface area contributed by atoms with E-state index < -0.39 is 4.92 Å². The summed E-state index contributed by atoms with van der Waals surface area (Å²) in [5.41, 5.74) is 3.39. The van der Waals surface area contributed by atoms with E-state index in [0.29, 0.717) is 17.4 Å². The van der Waals surface area contributed by atoms with Gasteiger partial charge in [-0.2, -0.15) is 5.10 Å². The average Bonchev–Trinajstić information content (AvgIpc) is 3.34. The zero-order valence-corrected chi connectivity index (χ0v) is 15.3. The molecular weight excluding hydrogens is 342 g/mol. The molecule has 2 aliphatic carbocycles. The van der Waals surface area contributed by atoms with Crippen molar-refractivity contribution < 1.29 is 9.72 Å². The molecule has 0 heterocycles. The fraction of sp³-hybridized carbons (Fsp3) is 0.429. The standard InChI is InChI=1S/C21H25N3O3/c25-21(23-22-15-16-11-13-17(14-12-16)24(26)27)20-18-9-7-5-3-1-2-4-6-8-10-19(18)20/h3-6,11-15,18-20H,1-2,7-10H2,(H,23,25)/b5-3-,6-4-,22-15-/t18-,19-/m0/s1. The van der Waals surface area contributed by atoms with Crippen molar-refractivity contribution in [2.45, 2.75) is 38.5 Å². The van der Waals surface area contributed by atoms with Gasteiger partial charge in [0.05, 0.1) is 11.1 Å². The van der Waals surface area contributed by atoms with E-state index in [4.69, 9.17) is 0 Å².